The molecule has 28 heavy (non-hydrogen) atoms. The van der Waals surface area contributed by atoms with Gasteiger partial charge in [0.2, 0.25) is 0 Å². The van der Waals surface area contributed by atoms with Gasteiger partial charge in [-0.25, -0.2) is 14.4 Å². The van der Waals surface area contributed by atoms with Gasteiger partial charge in [-0.05, 0) is 51.6 Å². The minimum Gasteiger partial charge on any atom is -0.445 e. The van der Waals surface area contributed by atoms with Crippen LogP contribution in [0.2, 0.25) is 0 Å². The average molecular weight is 392 g/mol. The summed E-state index contributed by atoms with van der Waals surface area (Å²) in [7, 11) is 0. The van der Waals surface area contributed by atoms with Gasteiger partial charge in [-0.3, -0.25) is 4.90 Å². The van der Waals surface area contributed by atoms with Gasteiger partial charge in [0.15, 0.2) is 0 Å². The summed E-state index contributed by atoms with van der Waals surface area (Å²) in [6, 6.07) is 8.32. The molecule has 0 aliphatic carbocycles. The monoisotopic (exact) mass is 392 g/mol. The third-order valence-corrected chi connectivity index (χ3v) is 4.25. The van der Waals surface area contributed by atoms with Crippen molar-refractivity contribution in [2.75, 3.05) is 13.1 Å². The van der Waals surface area contributed by atoms with Crippen molar-refractivity contribution in [3.63, 3.8) is 0 Å². The standard InChI is InChI=1S/C20H28N2O6/c1-20(2,3)28-19(25)27-17(23)16-11-15(9-10-21)12-22(16)18(24)26-13-14-7-5-4-6-8-14/h4-8,15-16H,9-13,21H2,1-3H3/t15-,16-/m0/s1. The fourth-order valence-corrected chi connectivity index (χ4v) is 3.02. The number of hydrogen-bond donors (Lipinski definition) is 1. The number of esters is 1. The Morgan fingerprint density at radius 1 is 1.18 bits per heavy atom. The molecule has 1 aliphatic heterocycles. The van der Waals surface area contributed by atoms with Crippen LogP contribution in [0.1, 0.15) is 39.2 Å². The lowest BCUT2D eigenvalue weighted by Crippen LogP contribution is -2.42. The third-order valence-electron chi connectivity index (χ3n) is 4.25. The summed E-state index contributed by atoms with van der Waals surface area (Å²) in [5, 5.41) is 0. The molecule has 8 nitrogen and oxygen atoms in total. The van der Waals surface area contributed by atoms with Crippen LogP contribution in [0.5, 0.6) is 0 Å². The van der Waals surface area contributed by atoms with Gasteiger partial charge in [0, 0.05) is 6.54 Å². The number of carbonyl (C=O) groups excluding carboxylic acids is 3. The molecular weight excluding hydrogens is 364 g/mol. The minimum atomic E-state index is -1.09. The first-order valence-corrected chi connectivity index (χ1v) is 9.31. The number of nitrogens with zero attached hydrogens (tertiary/aromatic N) is 1. The van der Waals surface area contributed by atoms with E-state index in [1.54, 1.807) is 20.8 Å². The first-order chi connectivity index (χ1) is 13.2. The molecule has 0 aromatic heterocycles. The number of carbonyl (C=O) groups is 3. The van der Waals surface area contributed by atoms with Crippen molar-refractivity contribution in [1.29, 1.82) is 0 Å². The Hall–Kier alpha value is -2.61. The first-order valence-electron chi connectivity index (χ1n) is 9.31. The molecule has 2 atom stereocenters. The molecule has 8 heteroatoms. The SMILES string of the molecule is CC(C)(C)OC(=O)OC(=O)[C@@H]1C[C@H](CCN)CN1C(=O)OCc1ccccc1. The van der Waals surface area contributed by atoms with Gasteiger partial charge in [0.25, 0.3) is 0 Å². The molecule has 1 aliphatic rings. The highest BCUT2D eigenvalue weighted by Crippen LogP contribution is 2.27. The van der Waals surface area contributed by atoms with Gasteiger partial charge in [0.05, 0.1) is 0 Å². The predicted octanol–water partition coefficient (Wildman–Crippen LogP) is 2.84. The minimum absolute atomic E-state index is 0.0328. The smallest absolute Gasteiger partial charge is 0.445 e. The van der Waals surface area contributed by atoms with Crippen LogP contribution in [0.3, 0.4) is 0 Å². The Labute approximate surface area is 164 Å². The number of ether oxygens (including phenoxy) is 3. The quantitative estimate of drug-likeness (QED) is 0.606. The van der Waals surface area contributed by atoms with E-state index in [-0.39, 0.29) is 12.5 Å². The Morgan fingerprint density at radius 3 is 2.46 bits per heavy atom. The van der Waals surface area contributed by atoms with E-state index in [9.17, 15) is 14.4 Å². The van der Waals surface area contributed by atoms with E-state index in [1.807, 2.05) is 30.3 Å². The van der Waals surface area contributed by atoms with Crippen LogP contribution in [-0.2, 0) is 25.6 Å². The first kappa shape index (κ1) is 21.7. The summed E-state index contributed by atoms with van der Waals surface area (Å²) in [5.41, 5.74) is 5.66. The number of hydrogen-bond acceptors (Lipinski definition) is 7. The second kappa shape index (κ2) is 9.54. The van der Waals surface area contributed by atoms with Crippen molar-refractivity contribution in [2.45, 2.75) is 51.9 Å². The second-order valence-corrected chi connectivity index (χ2v) is 7.77. The molecule has 0 spiro atoms. The van der Waals surface area contributed by atoms with E-state index >= 15 is 0 Å². The molecule has 1 aromatic carbocycles. The van der Waals surface area contributed by atoms with Gasteiger partial charge in [0.1, 0.15) is 18.2 Å². The lowest BCUT2D eigenvalue weighted by Gasteiger charge is -2.23. The maximum absolute atomic E-state index is 12.5. The van der Waals surface area contributed by atoms with Crippen LogP contribution in [0, 0.1) is 5.92 Å². The number of rotatable bonds is 5. The van der Waals surface area contributed by atoms with Crippen LogP contribution in [-0.4, -0.2) is 47.9 Å². The highest BCUT2D eigenvalue weighted by molar-refractivity contribution is 5.88. The Morgan fingerprint density at radius 2 is 1.86 bits per heavy atom. The van der Waals surface area contributed by atoms with Crippen LogP contribution in [0.25, 0.3) is 0 Å². The molecule has 2 N–H and O–H groups in total. The number of benzene rings is 1. The Bertz CT molecular complexity index is 686. The highest BCUT2D eigenvalue weighted by atomic mass is 16.7. The van der Waals surface area contributed by atoms with Gasteiger partial charge in [-0.2, -0.15) is 0 Å². The second-order valence-electron chi connectivity index (χ2n) is 7.77. The van der Waals surface area contributed by atoms with Gasteiger partial charge in [-0.1, -0.05) is 30.3 Å². The van der Waals surface area contributed by atoms with Crippen molar-refractivity contribution in [1.82, 2.24) is 4.90 Å². The summed E-state index contributed by atoms with van der Waals surface area (Å²) in [6.07, 6.45) is -0.704. The average Bonchev–Trinajstić information content (AvgIpc) is 3.03. The summed E-state index contributed by atoms with van der Waals surface area (Å²) >= 11 is 0. The zero-order valence-corrected chi connectivity index (χ0v) is 16.6. The van der Waals surface area contributed by atoms with Crippen molar-refractivity contribution >= 4 is 18.2 Å². The van der Waals surface area contributed by atoms with E-state index in [2.05, 4.69) is 0 Å². The number of nitrogens with two attached hydrogens (primary N) is 1. The van der Waals surface area contributed by atoms with Gasteiger partial charge >= 0.3 is 18.2 Å². The molecule has 0 radical (unpaired) electrons. The molecular formula is C20H28N2O6. The van der Waals surface area contributed by atoms with E-state index in [0.717, 1.165) is 5.56 Å². The van der Waals surface area contributed by atoms with E-state index in [0.29, 0.717) is 25.9 Å². The maximum Gasteiger partial charge on any atom is 0.516 e. The lowest BCUT2D eigenvalue weighted by atomic mass is 10.0. The molecule has 1 fully saturated rings. The van der Waals surface area contributed by atoms with Crippen molar-refractivity contribution in [3.05, 3.63) is 35.9 Å². The zero-order valence-electron chi connectivity index (χ0n) is 16.6. The van der Waals surface area contributed by atoms with Crippen molar-refractivity contribution < 1.29 is 28.6 Å². The van der Waals surface area contributed by atoms with E-state index in [1.165, 1.54) is 4.90 Å². The molecule has 1 saturated heterocycles. The number of amides is 1. The van der Waals surface area contributed by atoms with Gasteiger partial charge in [-0.15, -0.1) is 0 Å². The van der Waals surface area contributed by atoms with E-state index < -0.39 is 29.9 Å². The van der Waals surface area contributed by atoms with Crippen molar-refractivity contribution in [2.24, 2.45) is 11.7 Å². The normalized spacial score (nSPS) is 19.2. The van der Waals surface area contributed by atoms with Crippen LogP contribution in [0.4, 0.5) is 9.59 Å². The molecule has 2 rings (SSSR count). The maximum atomic E-state index is 12.5. The highest BCUT2D eigenvalue weighted by Gasteiger charge is 2.42. The van der Waals surface area contributed by atoms with Crippen LogP contribution >= 0.6 is 0 Å². The Balaban J connectivity index is 2.01. The lowest BCUT2D eigenvalue weighted by molar-refractivity contribution is -0.146. The summed E-state index contributed by atoms with van der Waals surface area (Å²) < 4.78 is 15.1. The van der Waals surface area contributed by atoms with E-state index in [4.69, 9.17) is 19.9 Å². The molecule has 1 amide bonds. The third kappa shape index (κ3) is 6.53. The molecule has 0 bridgehead atoms. The fourth-order valence-electron chi connectivity index (χ4n) is 3.02. The fraction of sp³-hybridized carbons (Fsp3) is 0.550. The molecule has 154 valence electrons. The molecule has 1 heterocycles. The van der Waals surface area contributed by atoms with Crippen LogP contribution < -0.4 is 5.73 Å². The Kier molecular flexibility index (Phi) is 7.39. The largest absolute Gasteiger partial charge is 0.516 e. The summed E-state index contributed by atoms with van der Waals surface area (Å²) in [4.78, 5) is 38.1. The zero-order chi connectivity index (χ0) is 20.7. The number of likely N-dealkylation sites (tertiary alicyclic amines) is 1. The summed E-state index contributed by atoms with van der Waals surface area (Å²) in [5.74, 6) is -0.795. The molecule has 1 aromatic rings. The molecule has 0 unspecified atom stereocenters. The topological polar surface area (TPSA) is 108 Å². The predicted molar refractivity (Wildman–Crippen MR) is 101 cm³/mol. The van der Waals surface area contributed by atoms with Crippen LogP contribution in [0.15, 0.2) is 30.3 Å². The summed E-state index contributed by atoms with van der Waals surface area (Å²) in [6.45, 7) is 5.84. The van der Waals surface area contributed by atoms with Crippen molar-refractivity contribution in [3.8, 4) is 0 Å². The van der Waals surface area contributed by atoms with Gasteiger partial charge < -0.3 is 19.9 Å². The molecule has 0 saturated carbocycles.